The highest BCUT2D eigenvalue weighted by Crippen LogP contribution is 2.38. The number of ether oxygens (including phenoxy) is 3. The lowest BCUT2D eigenvalue weighted by atomic mass is 9.92. The molecule has 2 rings (SSSR count). The number of carbonyl (C=O) groups excluding carboxylic acids is 2. The summed E-state index contributed by atoms with van der Waals surface area (Å²) < 4.78 is 14.6. The first-order valence-corrected chi connectivity index (χ1v) is 7.33. The van der Waals surface area contributed by atoms with E-state index in [2.05, 4.69) is 0 Å². The number of hydrogen-bond donors (Lipinski definition) is 5. The lowest BCUT2D eigenvalue weighted by Gasteiger charge is -2.50. The molecule has 0 unspecified atom stereocenters. The molecule has 0 aromatic heterocycles. The number of aliphatic hydroxyl groups excluding tert-OH is 3. The summed E-state index contributed by atoms with van der Waals surface area (Å²) in [7, 11) is 0. The van der Waals surface area contributed by atoms with Crippen molar-refractivity contribution in [3.05, 3.63) is 0 Å². The Kier molecular flexibility index (Phi) is 5.23. The van der Waals surface area contributed by atoms with Crippen molar-refractivity contribution in [3.8, 4) is 0 Å². The molecular formula is C13H21NO9. The zero-order chi connectivity index (χ0) is 17.3. The topological polar surface area (TPSA) is 169 Å². The van der Waals surface area contributed by atoms with Crippen LogP contribution in [0.25, 0.3) is 0 Å². The van der Waals surface area contributed by atoms with Gasteiger partial charge in [0.1, 0.15) is 18.3 Å². The minimum atomic E-state index is -3.05. The van der Waals surface area contributed by atoms with E-state index < -0.39 is 48.6 Å². The summed E-state index contributed by atoms with van der Waals surface area (Å²) >= 11 is 0. The number of esters is 2. The Balaban J connectivity index is 2.40. The minimum Gasteiger partial charge on any atom is -0.431 e. The molecule has 0 bridgehead atoms. The van der Waals surface area contributed by atoms with Crippen LogP contribution in [0.4, 0.5) is 0 Å². The Morgan fingerprint density at radius 1 is 1.09 bits per heavy atom. The molecule has 0 saturated carbocycles. The third-order valence-corrected chi connectivity index (χ3v) is 3.93. The van der Waals surface area contributed by atoms with E-state index in [1.54, 1.807) is 0 Å². The Bertz CT molecular complexity index is 472. The lowest BCUT2D eigenvalue weighted by Crippen LogP contribution is -2.79. The van der Waals surface area contributed by atoms with Gasteiger partial charge in [-0.05, 0) is 12.8 Å². The quantitative estimate of drug-likeness (QED) is 0.322. The average molecular weight is 335 g/mol. The van der Waals surface area contributed by atoms with Crippen LogP contribution in [0, 0.1) is 0 Å². The predicted octanol–water partition coefficient (Wildman–Crippen LogP) is -2.55. The molecule has 6 N–H and O–H groups in total. The summed E-state index contributed by atoms with van der Waals surface area (Å²) in [4.78, 5) is 23.7. The van der Waals surface area contributed by atoms with E-state index in [9.17, 15) is 24.9 Å². The summed E-state index contributed by atoms with van der Waals surface area (Å²) in [5.41, 5.74) is 3.02. The molecule has 5 atom stereocenters. The predicted molar refractivity (Wildman–Crippen MR) is 71.1 cm³/mol. The van der Waals surface area contributed by atoms with Crippen LogP contribution in [0.2, 0.25) is 0 Å². The number of fused-ring (bicyclic) bond motifs is 1. The fourth-order valence-electron chi connectivity index (χ4n) is 2.54. The van der Waals surface area contributed by atoms with Crippen LogP contribution < -0.4 is 5.73 Å². The fraction of sp³-hybridized carbons (Fsp3) is 0.846. The van der Waals surface area contributed by atoms with Crippen LogP contribution >= 0.6 is 0 Å². The van der Waals surface area contributed by atoms with Crippen molar-refractivity contribution >= 4 is 11.9 Å². The highest BCUT2D eigenvalue weighted by molar-refractivity contribution is 5.71. The Labute approximate surface area is 131 Å². The summed E-state index contributed by atoms with van der Waals surface area (Å²) in [6.07, 6.45) is -4.09. The smallest absolute Gasteiger partial charge is 0.387 e. The van der Waals surface area contributed by atoms with Gasteiger partial charge in [-0.2, -0.15) is 0 Å². The van der Waals surface area contributed by atoms with Gasteiger partial charge in [0.25, 0.3) is 5.72 Å². The zero-order valence-electron chi connectivity index (χ0n) is 12.4. The summed E-state index contributed by atoms with van der Waals surface area (Å²) in [6, 6.07) is 0. The molecule has 132 valence electrons. The van der Waals surface area contributed by atoms with Gasteiger partial charge in [-0.15, -0.1) is 0 Å². The first-order valence-electron chi connectivity index (χ1n) is 7.33. The van der Waals surface area contributed by atoms with Crippen molar-refractivity contribution in [2.75, 3.05) is 6.61 Å². The van der Waals surface area contributed by atoms with E-state index in [4.69, 9.17) is 25.1 Å². The molecule has 2 fully saturated rings. The van der Waals surface area contributed by atoms with Crippen molar-refractivity contribution < 1.29 is 44.2 Å². The first-order chi connectivity index (χ1) is 10.7. The van der Waals surface area contributed by atoms with Gasteiger partial charge < -0.3 is 34.6 Å². The number of carbonyl (C=O) groups is 2. The molecule has 2 aliphatic heterocycles. The lowest BCUT2D eigenvalue weighted by molar-refractivity contribution is -0.465. The molecule has 2 saturated heterocycles. The number of hydrogen-bond acceptors (Lipinski definition) is 10. The van der Waals surface area contributed by atoms with E-state index in [0.29, 0.717) is 19.3 Å². The third kappa shape index (κ3) is 3.32. The third-order valence-electron chi connectivity index (χ3n) is 3.93. The van der Waals surface area contributed by atoms with Gasteiger partial charge in [0.15, 0.2) is 0 Å². The highest BCUT2D eigenvalue weighted by Gasteiger charge is 2.68. The summed E-state index contributed by atoms with van der Waals surface area (Å²) in [6.45, 7) is -0.803. The molecular weight excluding hydrogens is 314 g/mol. The second-order valence-electron chi connectivity index (χ2n) is 5.66. The molecule has 2 heterocycles. The van der Waals surface area contributed by atoms with Crippen molar-refractivity contribution in [2.24, 2.45) is 5.73 Å². The molecule has 0 amide bonds. The van der Waals surface area contributed by atoms with E-state index in [1.165, 1.54) is 0 Å². The van der Waals surface area contributed by atoms with Gasteiger partial charge in [0, 0.05) is 12.8 Å². The molecule has 0 spiro atoms. The molecule has 0 aromatic rings. The molecule has 10 heteroatoms. The van der Waals surface area contributed by atoms with E-state index in [0.717, 1.165) is 0 Å². The standard InChI is InChI=1S/C13H21NO9/c14-12-11(19)10(18)7(6-15)21-13(12,20)23-9(17)5-3-1-2-4-8(16)22-12/h7,10-11,15,18-20H,1-6,14H2/t7-,10-,11+,12+,13-/m1/s1. The van der Waals surface area contributed by atoms with Crippen LogP contribution in [0.1, 0.15) is 32.1 Å². The second kappa shape index (κ2) is 6.67. The first kappa shape index (κ1) is 18.0. The normalized spacial score (nSPS) is 42.9. The molecule has 10 nitrogen and oxygen atoms in total. The van der Waals surface area contributed by atoms with Crippen LogP contribution in [0.3, 0.4) is 0 Å². The van der Waals surface area contributed by atoms with Crippen molar-refractivity contribution in [1.82, 2.24) is 0 Å². The maximum atomic E-state index is 11.8. The maximum absolute atomic E-state index is 11.8. The van der Waals surface area contributed by atoms with E-state index in [-0.39, 0.29) is 12.8 Å². The summed E-state index contributed by atoms with van der Waals surface area (Å²) in [5.74, 6) is -4.79. The van der Waals surface area contributed by atoms with E-state index in [1.807, 2.05) is 0 Å². The van der Waals surface area contributed by atoms with Crippen LogP contribution in [-0.4, -0.2) is 69.0 Å². The van der Waals surface area contributed by atoms with Crippen molar-refractivity contribution in [3.63, 3.8) is 0 Å². The number of aliphatic hydroxyl groups is 4. The zero-order valence-corrected chi connectivity index (χ0v) is 12.4. The average Bonchev–Trinajstić information content (AvgIpc) is 2.50. The largest absolute Gasteiger partial charge is 0.431 e. The van der Waals surface area contributed by atoms with Gasteiger partial charge >= 0.3 is 17.9 Å². The Hall–Kier alpha value is -1.30. The monoisotopic (exact) mass is 335 g/mol. The van der Waals surface area contributed by atoms with Gasteiger partial charge in [-0.25, -0.2) is 0 Å². The van der Waals surface area contributed by atoms with Crippen LogP contribution in [-0.2, 0) is 23.8 Å². The Morgan fingerprint density at radius 2 is 1.65 bits per heavy atom. The van der Waals surface area contributed by atoms with Crippen LogP contribution in [0.15, 0.2) is 0 Å². The second-order valence-corrected chi connectivity index (χ2v) is 5.66. The summed E-state index contributed by atoms with van der Waals surface area (Å²) in [5, 5.41) is 39.7. The molecule has 23 heavy (non-hydrogen) atoms. The highest BCUT2D eigenvalue weighted by atomic mass is 16.9. The molecule has 0 aromatic carbocycles. The molecule has 0 aliphatic carbocycles. The maximum Gasteiger partial charge on any atom is 0.387 e. The minimum absolute atomic E-state index is 0.0601. The van der Waals surface area contributed by atoms with Crippen molar-refractivity contribution in [1.29, 1.82) is 0 Å². The fourth-order valence-corrected chi connectivity index (χ4v) is 2.54. The van der Waals surface area contributed by atoms with Gasteiger partial charge in [-0.1, -0.05) is 6.42 Å². The number of nitrogens with two attached hydrogens (primary N) is 1. The van der Waals surface area contributed by atoms with Gasteiger partial charge in [0.2, 0.25) is 0 Å². The van der Waals surface area contributed by atoms with Crippen LogP contribution in [0.5, 0.6) is 0 Å². The van der Waals surface area contributed by atoms with Crippen molar-refractivity contribution in [2.45, 2.75) is 62.1 Å². The molecule has 0 radical (unpaired) electrons. The van der Waals surface area contributed by atoms with Gasteiger partial charge in [0.05, 0.1) is 6.61 Å². The Morgan fingerprint density at radius 3 is 2.22 bits per heavy atom. The molecule has 2 aliphatic rings. The SMILES string of the molecule is N[C@@]12OC(=O)CCCCCC(=O)O[C@]1(O)O[C@H](CO)[C@@H](O)[C@@H]2O. The number of rotatable bonds is 1. The van der Waals surface area contributed by atoms with E-state index >= 15 is 0 Å². The van der Waals surface area contributed by atoms with Gasteiger partial charge in [-0.3, -0.25) is 15.3 Å².